The number of esters is 1. The highest BCUT2D eigenvalue weighted by atomic mass is 16.6. The number of non-ortho nitro benzene ring substituents is 1. The fourth-order valence-electron chi connectivity index (χ4n) is 1.77. The van der Waals surface area contributed by atoms with Gasteiger partial charge in [-0.2, -0.15) is 0 Å². The molecule has 1 aromatic rings. The van der Waals surface area contributed by atoms with Crippen LogP contribution in [0.5, 0.6) is 0 Å². The Morgan fingerprint density at radius 2 is 1.74 bits per heavy atom. The highest BCUT2D eigenvalue weighted by molar-refractivity contribution is 5.75. The van der Waals surface area contributed by atoms with Crippen molar-refractivity contribution in [2.75, 3.05) is 0 Å². The van der Waals surface area contributed by atoms with Crippen molar-refractivity contribution < 1.29 is 24.4 Å². The summed E-state index contributed by atoms with van der Waals surface area (Å²) in [7, 11) is 0. The number of carbonyl (C=O) groups excluding carboxylic acids is 1. The van der Waals surface area contributed by atoms with Gasteiger partial charge in [-0.1, -0.05) is 0 Å². The van der Waals surface area contributed by atoms with E-state index in [1.54, 1.807) is 0 Å². The summed E-state index contributed by atoms with van der Waals surface area (Å²) < 4.78 is 5.01. The van der Waals surface area contributed by atoms with Crippen LogP contribution < -0.4 is 11.5 Å². The smallest absolute Gasteiger partial charge is 0.323 e. The lowest BCUT2D eigenvalue weighted by atomic mass is 10.1. The highest BCUT2D eigenvalue weighted by Crippen LogP contribution is 2.13. The highest BCUT2D eigenvalue weighted by Gasteiger charge is 2.17. The Morgan fingerprint density at radius 3 is 2.26 bits per heavy atom. The number of nitro groups is 1. The number of hydrogen-bond acceptors (Lipinski definition) is 7. The molecule has 0 heterocycles. The second kappa shape index (κ2) is 8.81. The van der Waals surface area contributed by atoms with Crippen molar-refractivity contribution in [3.63, 3.8) is 0 Å². The lowest BCUT2D eigenvalue weighted by Gasteiger charge is -2.12. The van der Waals surface area contributed by atoms with E-state index in [4.69, 9.17) is 21.3 Å². The largest absolute Gasteiger partial charge is 0.480 e. The molecule has 0 saturated heterocycles. The molecule has 0 amide bonds. The zero-order valence-electron chi connectivity index (χ0n) is 12.4. The van der Waals surface area contributed by atoms with Gasteiger partial charge in [0.2, 0.25) is 0 Å². The Hall–Kier alpha value is -2.52. The molecule has 0 bridgehead atoms. The molecular weight excluding hydrogens is 306 g/mol. The van der Waals surface area contributed by atoms with Crippen LogP contribution in [0.2, 0.25) is 0 Å². The maximum atomic E-state index is 11.7. The molecule has 2 atom stereocenters. The van der Waals surface area contributed by atoms with E-state index in [9.17, 15) is 19.7 Å². The number of carbonyl (C=O) groups is 2. The normalized spacial score (nSPS) is 13.1. The molecule has 0 aromatic heterocycles. The third kappa shape index (κ3) is 6.41. The van der Waals surface area contributed by atoms with Crippen LogP contribution in [0, 0.1) is 10.1 Å². The Balaban J connectivity index is 2.34. The first kappa shape index (κ1) is 18.5. The van der Waals surface area contributed by atoms with E-state index in [1.165, 1.54) is 24.3 Å². The van der Waals surface area contributed by atoms with Gasteiger partial charge in [0.15, 0.2) is 0 Å². The van der Waals surface area contributed by atoms with Gasteiger partial charge in [0.05, 0.1) is 4.92 Å². The lowest BCUT2D eigenvalue weighted by molar-refractivity contribution is -0.384. The molecule has 0 saturated carbocycles. The first-order valence-electron chi connectivity index (χ1n) is 6.95. The van der Waals surface area contributed by atoms with Gasteiger partial charge in [0, 0.05) is 12.1 Å². The van der Waals surface area contributed by atoms with Gasteiger partial charge in [0.25, 0.3) is 5.69 Å². The van der Waals surface area contributed by atoms with E-state index >= 15 is 0 Å². The molecule has 0 aliphatic carbocycles. The van der Waals surface area contributed by atoms with Gasteiger partial charge < -0.3 is 21.3 Å². The molecule has 9 heteroatoms. The molecule has 126 valence electrons. The Morgan fingerprint density at radius 1 is 1.17 bits per heavy atom. The molecule has 5 N–H and O–H groups in total. The summed E-state index contributed by atoms with van der Waals surface area (Å²) in [4.78, 5) is 32.2. The van der Waals surface area contributed by atoms with Crippen LogP contribution >= 0.6 is 0 Å². The number of nitrogens with zero attached hydrogens (tertiary/aromatic N) is 1. The molecule has 1 unspecified atom stereocenters. The molecule has 0 aliphatic rings. The molecule has 1 rings (SSSR count). The average Bonchev–Trinajstić information content (AvgIpc) is 2.52. The van der Waals surface area contributed by atoms with Crippen LogP contribution in [0.1, 0.15) is 24.8 Å². The molecule has 0 radical (unpaired) electrons. The van der Waals surface area contributed by atoms with Crippen LogP contribution in [0.4, 0.5) is 5.69 Å². The van der Waals surface area contributed by atoms with Crippen molar-refractivity contribution in [3.8, 4) is 0 Å². The minimum atomic E-state index is -1.10. The van der Waals surface area contributed by atoms with Crippen molar-refractivity contribution in [1.29, 1.82) is 0 Å². The standard InChI is InChI=1S/C14H19N3O6/c15-11(13(18)19)2-1-3-12(16)14(20)23-8-9-4-6-10(7-5-9)17(21)22/h4-7,11-12H,1-3,8,15-16H2,(H,18,19)/t11-,12?/m0/s1. The van der Waals surface area contributed by atoms with Gasteiger partial charge in [-0.25, -0.2) is 0 Å². The fraction of sp³-hybridized carbons (Fsp3) is 0.429. The topological polar surface area (TPSA) is 159 Å². The number of carboxylic acid groups (broad SMARTS) is 1. The van der Waals surface area contributed by atoms with Gasteiger partial charge in [-0.3, -0.25) is 19.7 Å². The van der Waals surface area contributed by atoms with Crippen LogP contribution in [-0.2, 0) is 20.9 Å². The Kier molecular flexibility index (Phi) is 7.10. The van der Waals surface area contributed by atoms with Crippen molar-refractivity contribution >= 4 is 17.6 Å². The van der Waals surface area contributed by atoms with E-state index in [-0.39, 0.29) is 25.1 Å². The van der Waals surface area contributed by atoms with Crippen LogP contribution in [-0.4, -0.2) is 34.1 Å². The lowest BCUT2D eigenvalue weighted by Crippen LogP contribution is -2.34. The monoisotopic (exact) mass is 325 g/mol. The first-order chi connectivity index (χ1) is 10.8. The summed E-state index contributed by atoms with van der Waals surface area (Å²) in [5.74, 6) is -1.72. The molecule has 9 nitrogen and oxygen atoms in total. The van der Waals surface area contributed by atoms with E-state index in [1.807, 2.05) is 0 Å². The third-order valence-electron chi connectivity index (χ3n) is 3.18. The molecular formula is C14H19N3O6. The van der Waals surface area contributed by atoms with Gasteiger partial charge >= 0.3 is 11.9 Å². The van der Waals surface area contributed by atoms with Crippen LogP contribution in [0.15, 0.2) is 24.3 Å². The minimum absolute atomic E-state index is 0.0425. The van der Waals surface area contributed by atoms with E-state index in [2.05, 4.69) is 0 Å². The van der Waals surface area contributed by atoms with Gasteiger partial charge in [-0.05, 0) is 37.0 Å². The molecule has 0 fully saturated rings. The number of nitrogens with two attached hydrogens (primary N) is 2. The predicted molar refractivity (Wildman–Crippen MR) is 80.3 cm³/mol. The van der Waals surface area contributed by atoms with E-state index in [0.717, 1.165) is 0 Å². The SMILES string of the molecule is NC(CCC[C@H](N)C(=O)O)C(=O)OCc1ccc([N+](=O)[O-])cc1. The number of carboxylic acids is 1. The molecule has 0 aliphatic heterocycles. The molecule has 0 spiro atoms. The quantitative estimate of drug-likeness (QED) is 0.337. The second-order valence-corrected chi connectivity index (χ2v) is 5.01. The van der Waals surface area contributed by atoms with Crippen molar-refractivity contribution in [2.24, 2.45) is 11.5 Å². The van der Waals surface area contributed by atoms with Gasteiger partial charge in [-0.15, -0.1) is 0 Å². The zero-order chi connectivity index (χ0) is 17.4. The maximum Gasteiger partial charge on any atom is 0.323 e. The minimum Gasteiger partial charge on any atom is -0.480 e. The number of aliphatic carboxylic acids is 1. The Labute approximate surface area is 132 Å². The number of benzene rings is 1. The van der Waals surface area contributed by atoms with Crippen LogP contribution in [0.3, 0.4) is 0 Å². The summed E-state index contributed by atoms with van der Waals surface area (Å²) in [5, 5.41) is 19.1. The molecule has 23 heavy (non-hydrogen) atoms. The fourth-order valence-corrected chi connectivity index (χ4v) is 1.77. The van der Waals surface area contributed by atoms with Crippen molar-refractivity contribution in [2.45, 2.75) is 38.0 Å². The zero-order valence-corrected chi connectivity index (χ0v) is 12.4. The summed E-state index contributed by atoms with van der Waals surface area (Å²) in [5.41, 5.74) is 11.5. The summed E-state index contributed by atoms with van der Waals surface area (Å²) in [6.45, 7) is -0.0425. The van der Waals surface area contributed by atoms with E-state index in [0.29, 0.717) is 12.0 Å². The number of hydrogen-bond donors (Lipinski definition) is 3. The summed E-state index contributed by atoms with van der Waals surface area (Å²) >= 11 is 0. The first-order valence-corrected chi connectivity index (χ1v) is 6.95. The number of rotatable bonds is 9. The summed E-state index contributed by atoms with van der Waals surface area (Å²) in [6.07, 6.45) is 0.875. The molecule has 1 aromatic carbocycles. The van der Waals surface area contributed by atoms with Gasteiger partial charge in [0.1, 0.15) is 18.7 Å². The van der Waals surface area contributed by atoms with Crippen molar-refractivity contribution in [3.05, 3.63) is 39.9 Å². The van der Waals surface area contributed by atoms with E-state index < -0.39 is 28.9 Å². The second-order valence-electron chi connectivity index (χ2n) is 5.01. The number of nitro benzene ring substituents is 1. The average molecular weight is 325 g/mol. The number of ether oxygens (including phenoxy) is 1. The van der Waals surface area contributed by atoms with Crippen LogP contribution in [0.25, 0.3) is 0 Å². The third-order valence-corrected chi connectivity index (χ3v) is 3.18. The van der Waals surface area contributed by atoms with Crippen molar-refractivity contribution in [1.82, 2.24) is 0 Å². The predicted octanol–water partition coefficient (Wildman–Crippen LogP) is 0.548. The Bertz CT molecular complexity index is 560. The summed E-state index contributed by atoms with van der Waals surface area (Å²) in [6, 6.07) is 3.77. The maximum absolute atomic E-state index is 11.7.